The number of carbonyl (C=O) groups excluding carboxylic acids is 2. The Labute approximate surface area is 116 Å². The molecule has 1 heterocycles. The van der Waals surface area contributed by atoms with Gasteiger partial charge in [0.05, 0.1) is 19.3 Å². The molecule has 1 aromatic rings. The fourth-order valence-corrected chi connectivity index (χ4v) is 1.91. The van der Waals surface area contributed by atoms with Gasteiger partial charge in [-0.3, -0.25) is 4.90 Å². The zero-order chi connectivity index (χ0) is 14.7. The lowest BCUT2D eigenvalue weighted by Crippen LogP contribution is -2.32. The van der Waals surface area contributed by atoms with Crippen LogP contribution < -0.4 is 10.2 Å². The molecule has 0 saturated carbocycles. The first kappa shape index (κ1) is 14.1. The second kappa shape index (κ2) is 5.79. The zero-order valence-corrected chi connectivity index (χ0v) is 11.3. The molecule has 1 amide bonds. The Morgan fingerprint density at radius 1 is 1.60 bits per heavy atom. The van der Waals surface area contributed by atoms with E-state index >= 15 is 0 Å². The molecule has 1 aliphatic heterocycles. The van der Waals surface area contributed by atoms with E-state index in [1.807, 2.05) is 6.07 Å². The minimum atomic E-state index is -1.23. The summed E-state index contributed by atoms with van der Waals surface area (Å²) < 4.78 is 9.41. The van der Waals surface area contributed by atoms with Gasteiger partial charge in [0.2, 0.25) is 0 Å². The first-order valence-corrected chi connectivity index (χ1v) is 6.06. The smallest absolute Gasteiger partial charge is 0.414 e. The van der Waals surface area contributed by atoms with Crippen LogP contribution in [0.25, 0.3) is 0 Å². The van der Waals surface area contributed by atoms with Gasteiger partial charge in [-0.05, 0) is 18.2 Å². The molecule has 0 saturated heterocycles. The van der Waals surface area contributed by atoms with Crippen molar-refractivity contribution in [3.63, 3.8) is 0 Å². The Hall–Kier alpha value is -2.28. The number of aliphatic hydroxyl groups is 1. The van der Waals surface area contributed by atoms with Crippen LogP contribution in [0.4, 0.5) is 16.2 Å². The van der Waals surface area contributed by atoms with Crippen molar-refractivity contribution >= 4 is 23.4 Å². The fourth-order valence-electron chi connectivity index (χ4n) is 1.91. The summed E-state index contributed by atoms with van der Waals surface area (Å²) in [6.07, 6.45) is -1.61. The van der Waals surface area contributed by atoms with E-state index in [-0.39, 0.29) is 19.2 Å². The monoisotopic (exact) mass is 280 g/mol. The number of anilines is 2. The van der Waals surface area contributed by atoms with Gasteiger partial charge >= 0.3 is 12.1 Å². The van der Waals surface area contributed by atoms with E-state index in [1.54, 1.807) is 19.2 Å². The van der Waals surface area contributed by atoms with E-state index in [0.29, 0.717) is 0 Å². The van der Waals surface area contributed by atoms with Gasteiger partial charge in [-0.15, -0.1) is 0 Å². The van der Waals surface area contributed by atoms with Crippen LogP contribution in [-0.4, -0.2) is 44.0 Å². The van der Waals surface area contributed by atoms with E-state index in [9.17, 15) is 14.7 Å². The van der Waals surface area contributed by atoms with Gasteiger partial charge in [0.1, 0.15) is 6.61 Å². The molecule has 1 atom stereocenters. The number of aliphatic hydroxyl groups excluding tert-OH is 1. The third kappa shape index (κ3) is 2.83. The number of nitrogens with zero attached hydrogens (tertiary/aromatic N) is 1. The molecule has 7 nitrogen and oxygen atoms in total. The third-order valence-corrected chi connectivity index (χ3v) is 3.04. The normalized spacial score (nSPS) is 15.2. The molecule has 0 fully saturated rings. The van der Waals surface area contributed by atoms with Gasteiger partial charge < -0.3 is 19.9 Å². The highest BCUT2D eigenvalue weighted by Gasteiger charge is 2.22. The number of methoxy groups -OCH3 is 1. The Kier molecular flexibility index (Phi) is 4.09. The first-order chi connectivity index (χ1) is 9.52. The minimum Gasteiger partial charge on any atom is -0.467 e. The van der Waals surface area contributed by atoms with Crippen LogP contribution in [0.3, 0.4) is 0 Å². The number of hydrogen-bond donors (Lipinski definition) is 2. The van der Waals surface area contributed by atoms with Crippen LogP contribution in [0.5, 0.6) is 0 Å². The molecule has 0 bridgehead atoms. The maximum absolute atomic E-state index is 11.4. The summed E-state index contributed by atoms with van der Waals surface area (Å²) in [5.74, 6) is -0.691. The number of ether oxygens (including phenoxy) is 2. The summed E-state index contributed by atoms with van der Waals surface area (Å²) in [6, 6.07) is 5.35. The summed E-state index contributed by atoms with van der Waals surface area (Å²) in [7, 11) is 2.85. The second-order valence-electron chi connectivity index (χ2n) is 4.38. The molecule has 0 aliphatic carbocycles. The number of fused-ring (bicyclic) bond motifs is 1. The van der Waals surface area contributed by atoms with Crippen LogP contribution in [0.2, 0.25) is 0 Å². The lowest BCUT2D eigenvalue weighted by molar-refractivity contribution is -0.149. The lowest BCUT2D eigenvalue weighted by atomic mass is 10.1. The number of carbonyl (C=O) groups is 2. The summed E-state index contributed by atoms with van der Waals surface area (Å²) in [4.78, 5) is 23.9. The van der Waals surface area contributed by atoms with E-state index in [1.165, 1.54) is 12.0 Å². The van der Waals surface area contributed by atoms with Crippen LogP contribution >= 0.6 is 0 Å². The molecule has 1 unspecified atom stereocenters. The van der Waals surface area contributed by atoms with Crippen molar-refractivity contribution in [3.05, 3.63) is 23.8 Å². The minimum absolute atomic E-state index is 0.0427. The van der Waals surface area contributed by atoms with Crippen molar-refractivity contribution in [1.29, 1.82) is 0 Å². The molecular formula is C13H16N2O5. The number of hydrogen-bond acceptors (Lipinski definition) is 6. The van der Waals surface area contributed by atoms with Crippen LogP contribution in [0.1, 0.15) is 5.56 Å². The van der Waals surface area contributed by atoms with Crippen molar-refractivity contribution in [2.45, 2.75) is 12.7 Å². The highest BCUT2D eigenvalue weighted by Crippen LogP contribution is 2.28. The van der Waals surface area contributed by atoms with Crippen molar-refractivity contribution in [1.82, 2.24) is 0 Å². The topological polar surface area (TPSA) is 88.1 Å². The molecule has 0 radical (unpaired) electrons. The highest BCUT2D eigenvalue weighted by atomic mass is 16.6. The van der Waals surface area contributed by atoms with E-state index in [4.69, 9.17) is 4.74 Å². The number of nitrogens with one attached hydrogen (secondary N) is 1. The summed E-state index contributed by atoms with van der Waals surface area (Å²) in [6.45, 7) is 0.245. The SMILES string of the molecule is COC(=O)C(O)CNc1ccc2c(c1)COC(=O)N2C. The third-order valence-electron chi connectivity index (χ3n) is 3.04. The first-order valence-electron chi connectivity index (χ1n) is 6.06. The number of rotatable bonds is 4. The quantitative estimate of drug-likeness (QED) is 0.790. The Morgan fingerprint density at radius 2 is 2.35 bits per heavy atom. The summed E-state index contributed by atoms with van der Waals surface area (Å²) in [5, 5.41) is 12.4. The molecular weight excluding hydrogens is 264 g/mol. The molecule has 2 N–H and O–H groups in total. The number of esters is 1. The number of cyclic esters (lactones) is 1. The van der Waals surface area contributed by atoms with Crippen LogP contribution in [0, 0.1) is 0 Å². The second-order valence-corrected chi connectivity index (χ2v) is 4.38. The maximum Gasteiger partial charge on any atom is 0.414 e. The molecule has 2 rings (SSSR count). The largest absolute Gasteiger partial charge is 0.467 e. The maximum atomic E-state index is 11.4. The molecule has 1 aliphatic rings. The van der Waals surface area contributed by atoms with Gasteiger partial charge in [0.25, 0.3) is 0 Å². The molecule has 108 valence electrons. The van der Waals surface area contributed by atoms with Gasteiger partial charge in [-0.25, -0.2) is 9.59 Å². The van der Waals surface area contributed by atoms with Crippen LogP contribution in [0.15, 0.2) is 18.2 Å². The Morgan fingerprint density at radius 3 is 3.05 bits per heavy atom. The van der Waals surface area contributed by atoms with Crippen molar-refractivity contribution in [2.75, 3.05) is 30.9 Å². The standard InChI is InChI=1S/C13H16N2O5/c1-15-10-4-3-9(5-8(10)7-20-13(15)18)14-6-11(16)12(17)19-2/h3-5,11,14,16H,6-7H2,1-2H3. The summed E-state index contributed by atoms with van der Waals surface area (Å²) in [5.41, 5.74) is 2.35. The fraction of sp³-hybridized carbons (Fsp3) is 0.385. The van der Waals surface area contributed by atoms with Crippen molar-refractivity contribution < 1.29 is 24.2 Å². The number of benzene rings is 1. The van der Waals surface area contributed by atoms with E-state index in [2.05, 4.69) is 10.1 Å². The summed E-state index contributed by atoms with van der Waals surface area (Å²) >= 11 is 0. The van der Waals surface area contributed by atoms with Crippen LogP contribution in [-0.2, 0) is 20.9 Å². The predicted octanol–water partition coefficient (Wildman–Crippen LogP) is 0.719. The highest BCUT2D eigenvalue weighted by molar-refractivity contribution is 5.90. The molecule has 0 spiro atoms. The molecule has 0 aromatic heterocycles. The molecule has 20 heavy (non-hydrogen) atoms. The van der Waals surface area contributed by atoms with E-state index < -0.39 is 12.1 Å². The predicted molar refractivity (Wildman–Crippen MR) is 71.5 cm³/mol. The van der Waals surface area contributed by atoms with E-state index in [0.717, 1.165) is 16.9 Å². The van der Waals surface area contributed by atoms with Gasteiger partial charge in [0, 0.05) is 18.3 Å². The Balaban J connectivity index is 2.05. The van der Waals surface area contributed by atoms with Gasteiger partial charge in [0.15, 0.2) is 6.10 Å². The number of amides is 1. The van der Waals surface area contributed by atoms with Gasteiger partial charge in [-0.2, -0.15) is 0 Å². The van der Waals surface area contributed by atoms with Gasteiger partial charge in [-0.1, -0.05) is 0 Å². The van der Waals surface area contributed by atoms with Crippen molar-refractivity contribution in [2.24, 2.45) is 0 Å². The lowest BCUT2D eigenvalue weighted by Gasteiger charge is -2.26. The molecule has 1 aromatic carbocycles. The average molecular weight is 280 g/mol. The molecule has 7 heteroatoms. The van der Waals surface area contributed by atoms with Crippen molar-refractivity contribution in [3.8, 4) is 0 Å². The Bertz CT molecular complexity index is 531. The zero-order valence-electron chi connectivity index (χ0n) is 11.3. The average Bonchev–Trinajstić information content (AvgIpc) is 2.47.